The molecule has 1 heterocycles. The first-order valence-electron chi connectivity index (χ1n) is 4.20. The third-order valence-electron chi connectivity index (χ3n) is 1.74. The normalized spacial score (nSPS) is 14.8. The number of rotatable bonds is 3. The van der Waals surface area contributed by atoms with E-state index in [2.05, 4.69) is 36.2 Å². The van der Waals surface area contributed by atoms with Gasteiger partial charge in [-0.25, -0.2) is 0 Å². The van der Waals surface area contributed by atoms with Crippen molar-refractivity contribution < 1.29 is 12.9 Å². The van der Waals surface area contributed by atoms with E-state index in [9.17, 15) is 0 Å². The van der Waals surface area contributed by atoms with Gasteiger partial charge in [-0.05, 0) is 6.42 Å². The van der Waals surface area contributed by atoms with Crippen LogP contribution in [0.1, 0.15) is 19.8 Å². The minimum atomic E-state index is 0.382. The molecule has 0 aromatic heterocycles. The zero-order valence-electron chi connectivity index (χ0n) is 7.97. The summed E-state index contributed by atoms with van der Waals surface area (Å²) in [7, 11) is 11.6. The van der Waals surface area contributed by atoms with Crippen LogP contribution in [-0.2, 0) is 12.9 Å². The van der Waals surface area contributed by atoms with Crippen molar-refractivity contribution in [2.24, 2.45) is 0 Å². The maximum atomic E-state index is 4.73. The molecule has 0 atom stereocenters. The fraction of sp³-hybridized carbons (Fsp3) is 0.750. The quantitative estimate of drug-likeness (QED) is 0.778. The number of hydrogen-bond donors (Lipinski definition) is 0. The molecule has 0 saturated heterocycles. The van der Waals surface area contributed by atoms with Crippen molar-refractivity contribution in [2.45, 2.75) is 19.8 Å². The van der Waals surface area contributed by atoms with Crippen molar-refractivity contribution in [2.75, 3.05) is 20.3 Å². The number of hydrogen-bond acceptors (Lipinski definition) is 2. The summed E-state index contributed by atoms with van der Waals surface area (Å²) in [4.78, 5) is 4.53. The van der Waals surface area contributed by atoms with Crippen LogP contribution in [0, 0.1) is 0 Å². The summed E-state index contributed by atoms with van der Waals surface area (Å²) in [6, 6.07) is 0. The number of unbranched alkanes of at least 4 members (excludes halogenated alkanes) is 1. The van der Waals surface area contributed by atoms with Gasteiger partial charge in [0, 0.05) is 26.0 Å². The fourth-order valence-corrected chi connectivity index (χ4v) is 1.10. The first-order valence-corrected chi connectivity index (χ1v) is 7.07. The monoisotopic (exact) mass is 269 g/mol. The van der Waals surface area contributed by atoms with Crippen LogP contribution >= 0.6 is 20.3 Å². The predicted octanol–water partition coefficient (Wildman–Crippen LogP) is 2.84. The molecule has 0 bridgehead atoms. The zero-order valence-corrected chi connectivity index (χ0v) is 10.5. The molecule has 0 amide bonds. The molecule has 81 valence electrons. The molecule has 0 saturated carbocycles. The van der Waals surface area contributed by atoms with Crippen molar-refractivity contribution in [1.29, 1.82) is 0 Å². The molecule has 1 rings (SSSR count). The molecule has 5 heteroatoms. The average Bonchev–Trinajstić information content (AvgIpc) is 2.49. The van der Waals surface area contributed by atoms with Crippen LogP contribution in [0.4, 0.5) is 0 Å². The van der Waals surface area contributed by atoms with E-state index in [4.69, 9.17) is 20.3 Å². The first-order chi connectivity index (χ1) is 6.24. The van der Waals surface area contributed by atoms with E-state index in [1.807, 2.05) is 0 Å². The van der Waals surface area contributed by atoms with Crippen molar-refractivity contribution >= 4 is 20.3 Å². The molecule has 0 aromatic rings. The van der Waals surface area contributed by atoms with Gasteiger partial charge in [0.15, 0.2) is 0 Å². The van der Waals surface area contributed by atoms with E-state index in [1.165, 1.54) is 19.4 Å². The summed E-state index contributed by atoms with van der Waals surface area (Å²) in [5, 5.41) is 0. The summed E-state index contributed by atoms with van der Waals surface area (Å²) in [5.74, 6) is 0. The van der Waals surface area contributed by atoms with Gasteiger partial charge in [0.05, 0.1) is 6.67 Å². The van der Waals surface area contributed by atoms with Crippen LogP contribution < -0.4 is 0 Å². The van der Waals surface area contributed by atoms with Gasteiger partial charge in [0.2, 0.25) is 0 Å². The van der Waals surface area contributed by atoms with E-state index in [-0.39, 0.29) is 0 Å². The maximum absolute atomic E-state index is 4.73. The SMILES string of the molecule is CCCCN1C=CN(C)C1.[Cl][Co][Cl]. The number of halogens is 2. The van der Waals surface area contributed by atoms with Crippen LogP contribution in [0.5, 0.6) is 0 Å². The van der Waals surface area contributed by atoms with Crippen LogP contribution in [0.15, 0.2) is 12.4 Å². The summed E-state index contributed by atoms with van der Waals surface area (Å²) in [6.45, 7) is 4.50. The minimum absolute atomic E-state index is 0.382. The molecular formula is C8H16Cl2CoN2. The Labute approximate surface area is 95.3 Å². The zero-order chi connectivity index (χ0) is 10.1. The van der Waals surface area contributed by atoms with Gasteiger partial charge >= 0.3 is 33.2 Å². The van der Waals surface area contributed by atoms with Crippen LogP contribution in [0.3, 0.4) is 0 Å². The van der Waals surface area contributed by atoms with Crippen molar-refractivity contribution in [1.82, 2.24) is 9.80 Å². The molecular weight excluding hydrogens is 254 g/mol. The number of nitrogens with zero attached hydrogens (tertiary/aromatic N) is 2. The first kappa shape index (κ1) is 13.4. The van der Waals surface area contributed by atoms with Crippen molar-refractivity contribution in [3.8, 4) is 0 Å². The molecule has 0 N–H and O–H groups in total. The third-order valence-corrected chi connectivity index (χ3v) is 1.74. The predicted molar refractivity (Wildman–Crippen MR) is 55.1 cm³/mol. The molecule has 0 spiro atoms. The molecule has 2 nitrogen and oxygen atoms in total. The Bertz CT molecular complexity index is 144. The topological polar surface area (TPSA) is 6.48 Å². The molecule has 13 heavy (non-hydrogen) atoms. The molecule has 1 aliphatic heterocycles. The van der Waals surface area contributed by atoms with Gasteiger partial charge in [-0.15, -0.1) is 0 Å². The van der Waals surface area contributed by atoms with Gasteiger partial charge in [-0.1, -0.05) is 13.3 Å². The van der Waals surface area contributed by atoms with E-state index in [0.717, 1.165) is 6.67 Å². The summed E-state index contributed by atoms with van der Waals surface area (Å²) < 4.78 is 0. The molecule has 0 radical (unpaired) electrons. The molecule has 0 aliphatic carbocycles. The van der Waals surface area contributed by atoms with Crippen molar-refractivity contribution in [3.05, 3.63) is 12.4 Å². The van der Waals surface area contributed by atoms with Gasteiger partial charge < -0.3 is 9.80 Å². The van der Waals surface area contributed by atoms with E-state index < -0.39 is 0 Å². The van der Waals surface area contributed by atoms with E-state index >= 15 is 0 Å². The van der Waals surface area contributed by atoms with Crippen LogP contribution in [0.2, 0.25) is 0 Å². The average molecular weight is 270 g/mol. The Kier molecular flexibility index (Phi) is 9.30. The molecule has 0 fully saturated rings. The van der Waals surface area contributed by atoms with Gasteiger partial charge in [-0.3, -0.25) is 0 Å². The second-order valence-electron chi connectivity index (χ2n) is 2.91. The van der Waals surface area contributed by atoms with Crippen LogP contribution in [0.25, 0.3) is 0 Å². The second-order valence-corrected chi connectivity index (χ2v) is 4.63. The van der Waals surface area contributed by atoms with E-state index in [0.29, 0.717) is 12.9 Å². The summed E-state index contributed by atoms with van der Waals surface area (Å²) in [6.07, 6.45) is 6.87. The molecule has 0 aromatic carbocycles. The van der Waals surface area contributed by atoms with Gasteiger partial charge in [0.1, 0.15) is 0 Å². The standard InChI is InChI=1S/C8H16N2.2ClH.Co/c1-3-4-5-10-7-6-9(2)8-10;;;/h6-7H,3-5,8H2,1-2H3;2*1H;/q;;;+2/p-2. The fourth-order valence-electron chi connectivity index (χ4n) is 1.10. The Hall–Kier alpha value is 0.426. The Morgan fingerprint density at radius 2 is 2.00 bits per heavy atom. The summed E-state index contributed by atoms with van der Waals surface area (Å²) >= 11 is 0.382. The van der Waals surface area contributed by atoms with Crippen molar-refractivity contribution in [3.63, 3.8) is 0 Å². The molecule has 0 unspecified atom stereocenters. The van der Waals surface area contributed by atoms with Gasteiger partial charge in [-0.2, -0.15) is 0 Å². The van der Waals surface area contributed by atoms with Crippen LogP contribution in [-0.4, -0.2) is 30.1 Å². The Morgan fingerprint density at radius 3 is 2.38 bits per heavy atom. The second kappa shape index (κ2) is 9.00. The third kappa shape index (κ3) is 7.49. The Balaban J connectivity index is 0.000000424. The van der Waals surface area contributed by atoms with E-state index in [1.54, 1.807) is 0 Å². The Morgan fingerprint density at radius 1 is 1.38 bits per heavy atom. The molecule has 1 aliphatic rings. The van der Waals surface area contributed by atoms with Gasteiger partial charge in [0.25, 0.3) is 0 Å². The summed E-state index contributed by atoms with van der Waals surface area (Å²) in [5.41, 5.74) is 0.